The van der Waals surface area contributed by atoms with Crippen molar-refractivity contribution in [2.24, 2.45) is 5.10 Å². The van der Waals surface area contributed by atoms with Crippen LogP contribution < -0.4 is 15.5 Å². The maximum absolute atomic E-state index is 11.7. The number of nitrogens with one attached hydrogen (secondary N) is 2. The molecule has 2 amide bonds. The number of hydrogen-bond donors (Lipinski definition) is 3. The summed E-state index contributed by atoms with van der Waals surface area (Å²) in [5.41, 5.74) is 4.77. The Morgan fingerprint density at radius 1 is 1.04 bits per heavy atom. The molecule has 0 bridgehead atoms. The number of hydrazone groups is 1. The van der Waals surface area contributed by atoms with Crippen LogP contribution in [0.4, 0.5) is 0 Å². The number of carboxylic acids is 1. The van der Waals surface area contributed by atoms with Crippen LogP contribution in [-0.4, -0.2) is 35.7 Å². The largest absolute Gasteiger partial charge is 0.482 e. The first-order valence-corrected chi connectivity index (χ1v) is 8.05. The number of hydrogen-bond acceptors (Lipinski definition) is 5. The molecule has 2 rings (SSSR count). The van der Waals surface area contributed by atoms with E-state index >= 15 is 0 Å². The number of carbonyl (C=O) groups excluding carboxylic acids is 2. The van der Waals surface area contributed by atoms with Gasteiger partial charge in [0.25, 0.3) is 0 Å². The van der Waals surface area contributed by atoms with E-state index < -0.39 is 24.4 Å². The van der Waals surface area contributed by atoms with Crippen LogP contribution in [0.25, 0.3) is 0 Å². The van der Waals surface area contributed by atoms with Crippen molar-refractivity contribution in [2.75, 3.05) is 6.61 Å². The van der Waals surface area contributed by atoms with Crippen molar-refractivity contribution in [2.45, 2.75) is 13.5 Å². The Labute approximate surface area is 155 Å². The molecule has 0 unspecified atom stereocenters. The highest BCUT2D eigenvalue weighted by molar-refractivity contribution is 6.35. The van der Waals surface area contributed by atoms with Gasteiger partial charge in [-0.15, -0.1) is 0 Å². The quantitative estimate of drug-likeness (QED) is 0.385. The predicted molar refractivity (Wildman–Crippen MR) is 98.3 cm³/mol. The van der Waals surface area contributed by atoms with Crippen molar-refractivity contribution < 1.29 is 24.2 Å². The second-order valence-electron chi connectivity index (χ2n) is 5.62. The maximum Gasteiger partial charge on any atom is 0.341 e. The molecule has 0 saturated carbocycles. The zero-order chi connectivity index (χ0) is 19.6. The number of carboxylic acid groups (broad SMARTS) is 1. The van der Waals surface area contributed by atoms with Crippen LogP contribution in [-0.2, 0) is 20.9 Å². The van der Waals surface area contributed by atoms with Gasteiger partial charge in [0, 0.05) is 6.54 Å². The number of rotatable bonds is 7. The van der Waals surface area contributed by atoms with Gasteiger partial charge in [0.05, 0.1) is 6.21 Å². The topological polar surface area (TPSA) is 117 Å². The summed E-state index contributed by atoms with van der Waals surface area (Å²) in [4.78, 5) is 33.9. The third-order valence-electron chi connectivity index (χ3n) is 3.40. The number of aliphatic carboxylic acids is 1. The molecule has 0 saturated heterocycles. The molecule has 2 aromatic carbocycles. The molecular formula is C19H19N3O5. The van der Waals surface area contributed by atoms with Crippen LogP contribution in [0.1, 0.15) is 16.7 Å². The zero-order valence-electron chi connectivity index (χ0n) is 14.6. The van der Waals surface area contributed by atoms with Gasteiger partial charge >= 0.3 is 17.8 Å². The SMILES string of the molecule is Cc1ccc(CNC(=O)C(=O)N/N=C\c2ccc(OCC(=O)O)cc2)cc1. The van der Waals surface area contributed by atoms with Crippen LogP contribution in [0.3, 0.4) is 0 Å². The molecule has 27 heavy (non-hydrogen) atoms. The Morgan fingerprint density at radius 3 is 2.33 bits per heavy atom. The normalized spacial score (nSPS) is 10.4. The lowest BCUT2D eigenvalue weighted by molar-refractivity contribution is -0.139. The van der Waals surface area contributed by atoms with Crippen LogP contribution in [0.2, 0.25) is 0 Å². The van der Waals surface area contributed by atoms with Crippen LogP contribution in [0, 0.1) is 6.92 Å². The van der Waals surface area contributed by atoms with Gasteiger partial charge in [-0.2, -0.15) is 5.10 Å². The van der Waals surface area contributed by atoms with Gasteiger partial charge in [-0.3, -0.25) is 9.59 Å². The second kappa shape index (κ2) is 9.71. The Bertz CT molecular complexity index is 829. The average molecular weight is 369 g/mol. The number of benzene rings is 2. The van der Waals surface area contributed by atoms with Crippen molar-refractivity contribution in [3.05, 3.63) is 65.2 Å². The van der Waals surface area contributed by atoms with E-state index in [1.807, 2.05) is 31.2 Å². The van der Waals surface area contributed by atoms with Gasteiger partial charge in [-0.05, 0) is 42.3 Å². The molecule has 0 aliphatic carbocycles. The van der Waals surface area contributed by atoms with Crippen LogP contribution >= 0.6 is 0 Å². The Hall–Kier alpha value is -3.68. The van der Waals surface area contributed by atoms with E-state index in [-0.39, 0.29) is 6.54 Å². The van der Waals surface area contributed by atoms with E-state index in [2.05, 4.69) is 15.8 Å². The third-order valence-corrected chi connectivity index (χ3v) is 3.40. The zero-order valence-corrected chi connectivity index (χ0v) is 14.6. The summed E-state index contributed by atoms with van der Waals surface area (Å²) >= 11 is 0. The Morgan fingerprint density at radius 2 is 1.70 bits per heavy atom. The standard InChI is InChI=1S/C19H19N3O5/c1-13-2-4-14(5-3-13)10-20-18(25)19(26)22-21-11-15-6-8-16(9-7-15)27-12-17(23)24/h2-9,11H,10,12H2,1H3,(H,20,25)(H,22,26)(H,23,24)/b21-11-. The smallest absolute Gasteiger partial charge is 0.341 e. The number of amides is 2. The molecule has 0 fully saturated rings. The van der Waals surface area contributed by atoms with Crippen molar-refractivity contribution in [3.63, 3.8) is 0 Å². The van der Waals surface area contributed by atoms with E-state index in [1.54, 1.807) is 24.3 Å². The molecule has 0 atom stereocenters. The first-order valence-electron chi connectivity index (χ1n) is 8.05. The van der Waals surface area contributed by atoms with E-state index in [0.29, 0.717) is 11.3 Å². The summed E-state index contributed by atoms with van der Waals surface area (Å²) in [7, 11) is 0. The molecule has 0 aliphatic heterocycles. The van der Waals surface area contributed by atoms with Crippen molar-refractivity contribution in [1.82, 2.24) is 10.7 Å². The fourth-order valence-corrected chi connectivity index (χ4v) is 1.98. The summed E-state index contributed by atoms with van der Waals surface area (Å²) in [5, 5.41) is 14.8. The Balaban J connectivity index is 1.77. The molecule has 0 heterocycles. The lowest BCUT2D eigenvalue weighted by atomic mass is 10.1. The van der Waals surface area contributed by atoms with Crippen LogP contribution in [0.15, 0.2) is 53.6 Å². The summed E-state index contributed by atoms with van der Waals surface area (Å²) in [6.07, 6.45) is 1.35. The van der Waals surface area contributed by atoms with E-state index in [0.717, 1.165) is 11.1 Å². The number of carbonyl (C=O) groups is 3. The number of aryl methyl sites for hydroxylation is 1. The molecule has 2 aromatic rings. The summed E-state index contributed by atoms with van der Waals surface area (Å²) in [6, 6.07) is 14.0. The lowest BCUT2D eigenvalue weighted by Gasteiger charge is -2.05. The number of nitrogens with zero attached hydrogens (tertiary/aromatic N) is 1. The number of ether oxygens (including phenoxy) is 1. The van der Waals surface area contributed by atoms with Gasteiger partial charge in [0.1, 0.15) is 5.75 Å². The molecule has 0 spiro atoms. The molecule has 3 N–H and O–H groups in total. The second-order valence-corrected chi connectivity index (χ2v) is 5.62. The first kappa shape index (κ1) is 19.6. The molecule has 8 nitrogen and oxygen atoms in total. The fourth-order valence-electron chi connectivity index (χ4n) is 1.98. The van der Waals surface area contributed by atoms with Gasteiger partial charge in [0.2, 0.25) is 0 Å². The minimum absolute atomic E-state index is 0.244. The fraction of sp³-hybridized carbons (Fsp3) is 0.158. The molecule has 8 heteroatoms. The molecule has 140 valence electrons. The third kappa shape index (κ3) is 6.99. The highest BCUT2D eigenvalue weighted by Crippen LogP contribution is 2.10. The highest BCUT2D eigenvalue weighted by atomic mass is 16.5. The van der Waals surface area contributed by atoms with Gasteiger partial charge in [-0.1, -0.05) is 29.8 Å². The maximum atomic E-state index is 11.7. The average Bonchev–Trinajstić information content (AvgIpc) is 2.66. The monoisotopic (exact) mass is 369 g/mol. The van der Waals surface area contributed by atoms with Crippen molar-refractivity contribution >= 4 is 24.0 Å². The summed E-state index contributed by atoms with van der Waals surface area (Å²) < 4.78 is 5.00. The lowest BCUT2D eigenvalue weighted by Crippen LogP contribution is -2.37. The Kier molecular flexibility index (Phi) is 7.07. The predicted octanol–water partition coefficient (Wildman–Crippen LogP) is 1.22. The molecular weight excluding hydrogens is 350 g/mol. The minimum Gasteiger partial charge on any atom is -0.482 e. The molecule has 0 radical (unpaired) electrons. The minimum atomic E-state index is -1.07. The molecule has 0 aliphatic rings. The van der Waals surface area contributed by atoms with E-state index in [9.17, 15) is 14.4 Å². The first-order chi connectivity index (χ1) is 12.9. The van der Waals surface area contributed by atoms with Gasteiger partial charge in [0.15, 0.2) is 6.61 Å². The van der Waals surface area contributed by atoms with E-state index in [4.69, 9.17) is 9.84 Å². The van der Waals surface area contributed by atoms with Gasteiger partial charge < -0.3 is 15.2 Å². The summed E-state index contributed by atoms with van der Waals surface area (Å²) in [6.45, 7) is 1.78. The summed E-state index contributed by atoms with van der Waals surface area (Å²) in [5.74, 6) is -2.33. The van der Waals surface area contributed by atoms with Crippen LogP contribution in [0.5, 0.6) is 5.75 Å². The van der Waals surface area contributed by atoms with Gasteiger partial charge in [-0.25, -0.2) is 10.2 Å². The molecule has 0 aromatic heterocycles. The highest BCUT2D eigenvalue weighted by Gasteiger charge is 2.11. The van der Waals surface area contributed by atoms with E-state index in [1.165, 1.54) is 6.21 Å². The van der Waals surface area contributed by atoms with Crippen molar-refractivity contribution in [3.8, 4) is 5.75 Å². The van der Waals surface area contributed by atoms with Crippen molar-refractivity contribution in [1.29, 1.82) is 0 Å².